The van der Waals surface area contributed by atoms with Crippen molar-refractivity contribution >= 4 is 10.5 Å². The molecule has 1 unspecified atom stereocenters. The van der Waals surface area contributed by atoms with Crippen molar-refractivity contribution in [1.29, 1.82) is 0 Å². The Bertz CT molecular complexity index is 34.6. The molecule has 1 aliphatic heterocycles. The first-order valence-corrected chi connectivity index (χ1v) is 1.78. The van der Waals surface area contributed by atoms with Crippen LogP contribution in [-0.4, -0.2) is 23.4 Å². The van der Waals surface area contributed by atoms with E-state index in [-0.39, 0.29) is 6.29 Å². The molecule has 1 rings (SSSR count). The lowest BCUT2D eigenvalue weighted by atomic mass is 10.9. The molecular weight excluding hydrogens is 84.1 g/mol. The highest BCUT2D eigenvalue weighted by Gasteiger charge is 2.19. The van der Waals surface area contributed by atoms with E-state index in [1.54, 1.807) is 0 Å². The van der Waals surface area contributed by atoms with Crippen molar-refractivity contribution in [2.45, 2.75) is 6.29 Å². The first kappa shape index (κ1) is 3.33. The van der Waals surface area contributed by atoms with Crippen LogP contribution in [0.4, 0.5) is 0 Å². The van der Waals surface area contributed by atoms with Crippen LogP contribution < -0.4 is 0 Å². The van der Waals surface area contributed by atoms with Gasteiger partial charge in [-0.15, -0.1) is 0 Å². The van der Waals surface area contributed by atoms with E-state index < -0.39 is 0 Å². The van der Waals surface area contributed by atoms with Gasteiger partial charge in [0.15, 0.2) is 6.29 Å². The molecule has 0 saturated carbocycles. The highest BCUT2D eigenvalue weighted by atomic mass is 28.2. The van der Waals surface area contributed by atoms with Gasteiger partial charge in [-0.2, -0.15) is 0 Å². The van der Waals surface area contributed by atoms with Gasteiger partial charge in [0.25, 0.3) is 0 Å². The van der Waals surface area contributed by atoms with Crippen LogP contribution in [0.3, 0.4) is 0 Å². The quantitative estimate of drug-likeness (QED) is 0.316. The molecule has 2 nitrogen and oxygen atoms in total. The molecule has 0 spiro atoms. The molecule has 0 aromatic heterocycles. The summed E-state index contributed by atoms with van der Waals surface area (Å²) in [7, 11) is 2.79. The van der Waals surface area contributed by atoms with Crippen molar-refractivity contribution < 1.29 is 9.16 Å². The van der Waals surface area contributed by atoms with Crippen LogP contribution in [-0.2, 0) is 9.16 Å². The van der Waals surface area contributed by atoms with Crippen molar-refractivity contribution in [3.8, 4) is 0 Å². The van der Waals surface area contributed by atoms with Crippen molar-refractivity contribution in [2.75, 3.05) is 6.61 Å². The van der Waals surface area contributed by atoms with E-state index in [4.69, 9.17) is 0 Å². The first-order valence-electron chi connectivity index (χ1n) is 1.37. The van der Waals surface area contributed by atoms with Crippen molar-refractivity contribution in [2.24, 2.45) is 0 Å². The van der Waals surface area contributed by atoms with Crippen LogP contribution in [0.25, 0.3) is 0 Å². The van der Waals surface area contributed by atoms with E-state index in [9.17, 15) is 0 Å². The molecule has 27 valence electrons. The zero-order chi connectivity index (χ0) is 3.70. The molecule has 3 radical (unpaired) electrons. The minimum absolute atomic E-state index is 0.0478. The largest absolute Gasteiger partial charge is 0.393 e. The second-order valence-electron chi connectivity index (χ2n) is 0.881. The van der Waals surface area contributed by atoms with Crippen LogP contribution in [0.1, 0.15) is 0 Å². The SMILES string of the molecule is [Si]OC1CO1. The van der Waals surface area contributed by atoms with E-state index in [0.717, 1.165) is 6.61 Å². The van der Waals surface area contributed by atoms with Gasteiger partial charge >= 0.3 is 0 Å². The third-order valence-corrected chi connectivity index (χ3v) is 0.697. The van der Waals surface area contributed by atoms with Crippen LogP contribution in [0.15, 0.2) is 0 Å². The van der Waals surface area contributed by atoms with E-state index >= 15 is 0 Å². The number of rotatable bonds is 1. The highest BCUT2D eigenvalue weighted by molar-refractivity contribution is 5.98. The lowest BCUT2D eigenvalue weighted by Gasteiger charge is -1.76. The van der Waals surface area contributed by atoms with Crippen LogP contribution in [0.5, 0.6) is 0 Å². The Morgan fingerprint density at radius 1 is 2.00 bits per heavy atom. The normalized spacial score (nSPS) is 34.2. The van der Waals surface area contributed by atoms with Gasteiger partial charge in [0.05, 0.1) is 6.61 Å². The average Bonchev–Trinajstić information content (AvgIpc) is 2.12. The lowest BCUT2D eigenvalue weighted by molar-refractivity contribution is 0.194. The second kappa shape index (κ2) is 1.08. The van der Waals surface area contributed by atoms with E-state index in [0.29, 0.717) is 0 Å². The molecule has 1 heterocycles. The molecule has 0 aliphatic carbocycles. The van der Waals surface area contributed by atoms with E-state index in [1.807, 2.05) is 0 Å². The summed E-state index contributed by atoms with van der Waals surface area (Å²) in [6, 6.07) is 0. The van der Waals surface area contributed by atoms with E-state index in [1.165, 1.54) is 0 Å². The second-order valence-corrected chi connectivity index (χ2v) is 1.12. The van der Waals surface area contributed by atoms with Crippen LogP contribution in [0.2, 0.25) is 0 Å². The summed E-state index contributed by atoms with van der Waals surface area (Å²) in [5.74, 6) is 0. The van der Waals surface area contributed by atoms with Gasteiger partial charge < -0.3 is 9.16 Å². The number of hydrogen-bond donors (Lipinski definition) is 0. The van der Waals surface area contributed by atoms with Gasteiger partial charge in [0, 0.05) is 0 Å². The van der Waals surface area contributed by atoms with Crippen LogP contribution in [0, 0.1) is 0 Å². The molecule has 0 bridgehead atoms. The highest BCUT2D eigenvalue weighted by Crippen LogP contribution is 2.06. The monoisotopic (exact) mass is 87.0 g/mol. The maximum Gasteiger partial charge on any atom is 0.250 e. The third kappa shape index (κ3) is 0.716. The van der Waals surface area contributed by atoms with Crippen molar-refractivity contribution in [3.63, 3.8) is 0 Å². The lowest BCUT2D eigenvalue weighted by Crippen LogP contribution is -1.85. The maximum absolute atomic E-state index is 4.59. The maximum atomic E-state index is 4.59. The first-order chi connectivity index (χ1) is 2.43. The van der Waals surface area contributed by atoms with Crippen molar-refractivity contribution in [1.82, 2.24) is 0 Å². The van der Waals surface area contributed by atoms with Gasteiger partial charge in [0.2, 0.25) is 10.5 Å². The summed E-state index contributed by atoms with van der Waals surface area (Å²) >= 11 is 0. The minimum Gasteiger partial charge on any atom is -0.393 e. The molecule has 3 heteroatoms. The van der Waals surface area contributed by atoms with Crippen LogP contribution >= 0.6 is 0 Å². The third-order valence-electron chi connectivity index (χ3n) is 0.434. The summed E-state index contributed by atoms with van der Waals surface area (Å²) in [4.78, 5) is 0. The summed E-state index contributed by atoms with van der Waals surface area (Å²) < 4.78 is 9.03. The molecule has 0 N–H and O–H groups in total. The molecule has 1 atom stereocenters. The fourth-order valence-electron chi connectivity index (χ4n) is 0.107. The van der Waals surface area contributed by atoms with Crippen molar-refractivity contribution in [3.05, 3.63) is 0 Å². The van der Waals surface area contributed by atoms with Gasteiger partial charge in [0.1, 0.15) is 0 Å². The van der Waals surface area contributed by atoms with Gasteiger partial charge in [-0.05, 0) is 0 Å². The standard InChI is InChI=1S/C2H3O2Si/c5-4-2-1-3-2/h2H,1H2. The summed E-state index contributed by atoms with van der Waals surface area (Å²) in [5.41, 5.74) is 0. The Kier molecular flexibility index (Phi) is 0.720. The Balaban J connectivity index is 2.00. The predicted molar refractivity (Wildman–Crippen MR) is 16.6 cm³/mol. The van der Waals surface area contributed by atoms with Gasteiger partial charge in [-0.3, -0.25) is 0 Å². The molecule has 1 fully saturated rings. The topological polar surface area (TPSA) is 21.8 Å². The molecule has 5 heavy (non-hydrogen) atoms. The fraction of sp³-hybridized carbons (Fsp3) is 1.00. The zero-order valence-corrected chi connectivity index (χ0v) is 3.60. The van der Waals surface area contributed by atoms with Gasteiger partial charge in [-0.25, -0.2) is 0 Å². The van der Waals surface area contributed by atoms with E-state index in [2.05, 4.69) is 19.6 Å². The molecule has 0 amide bonds. The minimum atomic E-state index is 0.0478. The molecule has 1 saturated heterocycles. The molecule has 0 aromatic rings. The molecular formula is C2H3O2Si. The molecule has 0 aromatic carbocycles. The Morgan fingerprint density at radius 2 is 2.60 bits per heavy atom. The summed E-state index contributed by atoms with van der Waals surface area (Å²) in [5, 5.41) is 0. The Labute approximate surface area is 33.6 Å². The number of hydrogen-bond acceptors (Lipinski definition) is 2. The Hall–Kier alpha value is 0.137. The number of epoxide rings is 1. The zero-order valence-electron chi connectivity index (χ0n) is 2.60. The Morgan fingerprint density at radius 3 is 2.60 bits per heavy atom. The molecule has 1 aliphatic rings. The predicted octanol–water partition coefficient (Wildman–Crippen LogP) is -0.557. The average molecular weight is 87.1 g/mol. The smallest absolute Gasteiger partial charge is 0.250 e. The van der Waals surface area contributed by atoms with Gasteiger partial charge in [-0.1, -0.05) is 0 Å². The summed E-state index contributed by atoms with van der Waals surface area (Å²) in [6.45, 7) is 0.740. The fourth-order valence-corrected chi connectivity index (χ4v) is 0.243. The summed E-state index contributed by atoms with van der Waals surface area (Å²) in [6.07, 6.45) is 0.0478. The number of ether oxygens (including phenoxy) is 1.